The standard InChI is InChI=1S/C41H71O9P/c1-3-5-7-8-9-10-11-12-13-14-19-22-25-28-31-35-41(44)50-39(37-49-51(45,46)47)36-48-40(43)34-30-27-24-21-18-16-15-17-20-23-26-29-33-38(42)32-6-4-2/h6,15-16,20-21,23-24,26,29,32,38-39,42H,3-5,7-14,17-19,22,25,27-28,30-31,33-37H2,1-2H3,(H2,45,46,47)/b16-15-,23-20-,24-21-,29-26+,32-6-/t38?,39-/m1/s1. The van der Waals surface area contributed by atoms with Gasteiger partial charge in [0, 0.05) is 12.8 Å². The topological polar surface area (TPSA) is 140 Å². The number of phosphoric ester groups is 1. The number of esters is 2. The largest absolute Gasteiger partial charge is 0.469 e. The summed E-state index contributed by atoms with van der Waals surface area (Å²) < 4.78 is 26.3. The summed E-state index contributed by atoms with van der Waals surface area (Å²) >= 11 is 0. The smallest absolute Gasteiger partial charge is 0.462 e. The number of aliphatic hydroxyl groups is 1. The highest BCUT2D eigenvalue weighted by Gasteiger charge is 2.22. The second-order valence-corrected chi connectivity index (χ2v) is 14.3. The maximum atomic E-state index is 12.4. The van der Waals surface area contributed by atoms with E-state index in [9.17, 15) is 19.3 Å². The van der Waals surface area contributed by atoms with Gasteiger partial charge in [0.15, 0.2) is 6.10 Å². The zero-order valence-electron chi connectivity index (χ0n) is 31.8. The minimum atomic E-state index is -4.77. The number of hydrogen-bond donors (Lipinski definition) is 3. The summed E-state index contributed by atoms with van der Waals surface area (Å²) in [5.74, 6) is -0.977. The minimum absolute atomic E-state index is 0.170. The van der Waals surface area contributed by atoms with E-state index in [0.29, 0.717) is 25.7 Å². The lowest BCUT2D eigenvalue weighted by molar-refractivity contribution is -0.161. The van der Waals surface area contributed by atoms with Crippen molar-refractivity contribution in [2.45, 2.75) is 174 Å². The number of aliphatic hydroxyl groups excluding tert-OH is 1. The van der Waals surface area contributed by atoms with Crippen molar-refractivity contribution in [3.05, 3.63) is 60.8 Å². The van der Waals surface area contributed by atoms with E-state index in [2.05, 4.69) is 23.6 Å². The molecular formula is C41H71O9P. The maximum absolute atomic E-state index is 12.4. The molecule has 0 amide bonds. The summed E-state index contributed by atoms with van der Waals surface area (Å²) in [5, 5.41) is 9.73. The van der Waals surface area contributed by atoms with Crippen molar-refractivity contribution in [3.8, 4) is 0 Å². The number of ether oxygens (including phenoxy) is 2. The third-order valence-corrected chi connectivity index (χ3v) is 8.61. The predicted octanol–water partition coefficient (Wildman–Crippen LogP) is 10.7. The van der Waals surface area contributed by atoms with Crippen LogP contribution < -0.4 is 0 Å². The molecule has 0 spiro atoms. The Kier molecular flexibility index (Phi) is 34.5. The third-order valence-electron chi connectivity index (χ3n) is 8.13. The van der Waals surface area contributed by atoms with Gasteiger partial charge in [0.1, 0.15) is 6.61 Å². The van der Waals surface area contributed by atoms with Crippen molar-refractivity contribution in [1.29, 1.82) is 0 Å². The molecule has 0 aliphatic carbocycles. The van der Waals surface area contributed by atoms with Crippen molar-refractivity contribution in [1.82, 2.24) is 0 Å². The van der Waals surface area contributed by atoms with E-state index in [0.717, 1.165) is 38.5 Å². The van der Waals surface area contributed by atoms with Gasteiger partial charge in [-0.3, -0.25) is 14.1 Å². The molecule has 0 saturated carbocycles. The lowest BCUT2D eigenvalue weighted by atomic mass is 10.0. The predicted molar refractivity (Wildman–Crippen MR) is 208 cm³/mol. The quantitative estimate of drug-likeness (QED) is 0.0190. The molecule has 0 saturated heterocycles. The number of phosphoric acid groups is 1. The van der Waals surface area contributed by atoms with Gasteiger partial charge in [-0.2, -0.15) is 0 Å². The van der Waals surface area contributed by atoms with Gasteiger partial charge in [-0.1, -0.05) is 164 Å². The van der Waals surface area contributed by atoms with Gasteiger partial charge in [0.25, 0.3) is 0 Å². The van der Waals surface area contributed by atoms with E-state index in [1.165, 1.54) is 70.6 Å². The average molecular weight is 739 g/mol. The van der Waals surface area contributed by atoms with Crippen LogP contribution in [0.3, 0.4) is 0 Å². The summed E-state index contributed by atoms with van der Waals surface area (Å²) in [6, 6.07) is 0. The molecular weight excluding hydrogens is 667 g/mol. The second kappa shape index (κ2) is 36.1. The van der Waals surface area contributed by atoms with Crippen LogP contribution in [0.1, 0.15) is 162 Å². The second-order valence-electron chi connectivity index (χ2n) is 13.1. The molecule has 10 heteroatoms. The average Bonchev–Trinajstić information content (AvgIpc) is 3.09. The summed E-state index contributed by atoms with van der Waals surface area (Å²) in [6.45, 7) is 3.39. The molecule has 0 fully saturated rings. The Hall–Kier alpha value is -2.29. The van der Waals surface area contributed by atoms with E-state index in [4.69, 9.17) is 19.3 Å². The molecule has 0 rings (SSSR count). The highest BCUT2D eigenvalue weighted by Crippen LogP contribution is 2.36. The van der Waals surface area contributed by atoms with E-state index in [-0.39, 0.29) is 19.4 Å². The molecule has 0 heterocycles. The normalized spacial score (nSPS) is 13.7. The first kappa shape index (κ1) is 48.7. The van der Waals surface area contributed by atoms with Crippen LogP contribution in [0.4, 0.5) is 0 Å². The molecule has 0 aliphatic heterocycles. The molecule has 0 radical (unpaired) electrons. The van der Waals surface area contributed by atoms with Crippen LogP contribution >= 0.6 is 7.82 Å². The molecule has 2 atom stereocenters. The van der Waals surface area contributed by atoms with Gasteiger partial charge in [0.05, 0.1) is 12.7 Å². The number of carbonyl (C=O) groups excluding carboxylic acids is 2. The number of carbonyl (C=O) groups is 2. The zero-order valence-corrected chi connectivity index (χ0v) is 32.7. The Morgan fingerprint density at radius 1 is 0.627 bits per heavy atom. The van der Waals surface area contributed by atoms with Gasteiger partial charge in [-0.05, 0) is 44.9 Å². The lowest BCUT2D eigenvalue weighted by Crippen LogP contribution is -2.29. The van der Waals surface area contributed by atoms with Crippen LogP contribution in [0, 0.1) is 0 Å². The first-order chi connectivity index (χ1) is 24.7. The van der Waals surface area contributed by atoms with E-state index < -0.39 is 38.6 Å². The monoisotopic (exact) mass is 738 g/mol. The van der Waals surface area contributed by atoms with Crippen LogP contribution in [0.25, 0.3) is 0 Å². The number of unbranched alkanes of at least 4 members (excludes halogenated alkanes) is 15. The fourth-order valence-corrected chi connectivity index (χ4v) is 5.55. The fraction of sp³-hybridized carbons (Fsp3) is 0.707. The SMILES string of the molecule is CC/C=C\C(O)C/C=C/C=C\C/C=C\C/C=C\CCCC(=O)OC[C@H](COP(=O)(O)O)OC(=O)CCCCCCCCCCCCCCCCC. The fourth-order valence-electron chi connectivity index (χ4n) is 5.19. The Morgan fingerprint density at radius 3 is 1.75 bits per heavy atom. The summed E-state index contributed by atoms with van der Waals surface area (Å²) in [4.78, 5) is 42.7. The van der Waals surface area contributed by atoms with E-state index >= 15 is 0 Å². The molecule has 0 aliphatic rings. The summed E-state index contributed by atoms with van der Waals surface area (Å²) in [6.07, 6.45) is 41.4. The van der Waals surface area contributed by atoms with Gasteiger partial charge in [-0.25, -0.2) is 4.57 Å². The van der Waals surface area contributed by atoms with Crippen molar-refractivity contribution in [3.63, 3.8) is 0 Å². The number of rotatable bonds is 35. The molecule has 0 aromatic heterocycles. The molecule has 294 valence electrons. The summed E-state index contributed by atoms with van der Waals surface area (Å²) in [7, 11) is -4.77. The molecule has 0 aromatic rings. The molecule has 0 bridgehead atoms. The molecule has 1 unspecified atom stereocenters. The highest BCUT2D eigenvalue weighted by molar-refractivity contribution is 7.46. The molecule has 51 heavy (non-hydrogen) atoms. The Morgan fingerprint density at radius 2 is 1.16 bits per heavy atom. The van der Waals surface area contributed by atoms with Crippen LogP contribution in [-0.4, -0.2) is 52.3 Å². The van der Waals surface area contributed by atoms with Crippen molar-refractivity contribution < 1.29 is 43.0 Å². The highest BCUT2D eigenvalue weighted by atomic mass is 31.2. The Bertz CT molecular complexity index is 1030. The maximum Gasteiger partial charge on any atom is 0.469 e. The van der Waals surface area contributed by atoms with Crippen molar-refractivity contribution in [2.75, 3.05) is 13.2 Å². The first-order valence-corrected chi connectivity index (χ1v) is 21.2. The number of allylic oxidation sites excluding steroid dienone is 8. The summed E-state index contributed by atoms with van der Waals surface area (Å²) in [5.41, 5.74) is 0. The minimum Gasteiger partial charge on any atom is -0.462 e. The van der Waals surface area contributed by atoms with Crippen LogP contribution in [-0.2, 0) is 28.2 Å². The first-order valence-electron chi connectivity index (χ1n) is 19.7. The molecule has 3 N–H and O–H groups in total. The molecule has 0 aromatic carbocycles. The van der Waals surface area contributed by atoms with Gasteiger partial charge < -0.3 is 24.4 Å². The van der Waals surface area contributed by atoms with Gasteiger partial charge in [0.2, 0.25) is 0 Å². The zero-order chi connectivity index (χ0) is 37.7. The van der Waals surface area contributed by atoms with Crippen LogP contribution in [0.5, 0.6) is 0 Å². The lowest BCUT2D eigenvalue weighted by Gasteiger charge is -2.18. The third kappa shape index (κ3) is 38.8. The van der Waals surface area contributed by atoms with Crippen molar-refractivity contribution >= 4 is 19.8 Å². The van der Waals surface area contributed by atoms with E-state index in [1.54, 1.807) is 0 Å². The Balaban J connectivity index is 4.08. The van der Waals surface area contributed by atoms with Crippen LogP contribution in [0.2, 0.25) is 0 Å². The van der Waals surface area contributed by atoms with E-state index in [1.807, 2.05) is 55.5 Å². The van der Waals surface area contributed by atoms with Gasteiger partial charge >= 0.3 is 19.8 Å². The number of hydrogen-bond acceptors (Lipinski definition) is 7. The van der Waals surface area contributed by atoms with Gasteiger partial charge in [-0.15, -0.1) is 0 Å². The Labute approximate surface area is 309 Å². The van der Waals surface area contributed by atoms with Crippen molar-refractivity contribution in [2.24, 2.45) is 0 Å². The van der Waals surface area contributed by atoms with Crippen LogP contribution in [0.15, 0.2) is 60.8 Å². The molecule has 9 nitrogen and oxygen atoms in total.